The summed E-state index contributed by atoms with van der Waals surface area (Å²) in [5.41, 5.74) is 2.55. The Hall–Kier alpha value is -1.42. The molecule has 0 spiro atoms. The molecular weight excluding hydrogens is 228 g/mol. The van der Waals surface area contributed by atoms with Gasteiger partial charge in [-0.25, -0.2) is 0 Å². The number of nitrogens with zero attached hydrogens (tertiary/aromatic N) is 1. The maximum Gasteiger partial charge on any atom is 0.252 e. The molecule has 1 saturated heterocycles. The molecule has 0 radical (unpaired) electrons. The van der Waals surface area contributed by atoms with E-state index in [0.717, 1.165) is 29.7 Å². The Bertz CT molecular complexity index is 451. The number of aromatic nitrogens is 1. The molecule has 2 heterocycles. The highest BCUT2D eigenvalue weighted by Crippen LogP contribution is 2.25. The van der Waals surface area contributed by atoms with Crippen LogP contribution in [0, 0.1) is 13.8 Å². The fourth-order valence-corrected chi connectivity index (χ4v) is 2.23. The Balaban J connectivity index is 1.97. The number of amides is 1. The van der Waals surface area contributed by atoms with Gasteiger partial charge in [0, 0.05) is 25.0 Å². The zero-order valence-corrected chi connectivity index (χ0v) is 11.2. The minimum atomic E-state index is -0.647. The number of carbonyl (C=O) groups excluding carboxylic acids is 1. The third-order valence-electron chi connectivity index (χ3n) is 3.49. The van der Waals surface area contributed by atoms with E-state index in [4.69, 9.17) is 4.74 Å². The van der Waals surface area contributed by atoms with Crippen LogP contribution in [-0.4, -0.2) is 23.1 Å². The van der Waals surface area contributed by atoms with Gasteiger partial charge >= 0.3 is 0 Å². The van der Waals surface area contributed by atoms with Gasteiger partial charge < -0.3 is 10.1 Å². The van der Waals surface area contributed by atoms with E-state index < -0.39 is 5.60 Å². The van der Waals surface area contributed by atoms with E-state index in [9.17, 15) is 4.79 Å². The van der Waals surface area contributed by atoms with Crippen LogP contribution in [0.25, 0.3) is 0 Å². The number of hydrogen-bond donors (Lipinski definition) is 1. The van der Waals surface area contributed by atoms with Gasteiger partial charge in [0.15, 0.2) is 0 Å². The fourth-order valence-electron chi connectivity index (χ4n) is 2.23. The summed E-state index contributed by atoms with van der Waals surface area (Å²) in [6, 6.07) is 2.02. The SMILES string of the molecule is Cc1cc(C)c(CNC(=O)[C@]2(C)CCCO2)cn1. The molecule has 4 nitrogen and oxygen atoms in total. The first-order valence-electron chi connectivity index (χ1n) is 6.36. The standard InChI is InChI=1S/C14H20N2O2/c1-10-7-11(2)15-8-12(10)9-16-13(17)14(3)5-4-6-18-14/h7-8H,4-6,9H2,1-3H3,(H,16,17)/t14-/m0/s1. The Morgan fingerprint density at radius 1 is 1.56 bits per heavy atom. The lowest BCUT2D eigenvalue weighted by molar-refractivity contribution is -0.139. The predicted octanol–water partition coefficient (Wildman–Crippen LogP) is 1.88. The largest absolute Gasteiger partial charge is 0.365 e. The third kappa shape index (κ3) is 2.70. The summed E-state index contributed by atoms with van der Waals surface area (Å²) in [5.74, 6) is -0.0278. The van der Waals surface area contributed by atoms with Gasteiger partial charge in [-0.1, -0.05) is 0 Å². The summed E-state index contributed by atoms with van der Waals surface area (Å²) in [6.45, 7) is 7.04. The summed E-state index contributed by atoms with van der Waals surface area (Å²) < 4.78 is 5.51. The quantitative estimate of drug-likeness (QED) is 0.888. The molecule has 0 bridgehead atoms. The first-order chi connectivity index (χ1) is 8.51. The van der Waals surface area contributed by atoms with Gasteiger partial charge in [-0.3, -0.25) is 9.78 Å². The van der Waals surface area contributed by atoms with Crippen molar-refractivity contribution in [2.45, 2.75) is 45.8 Å². The van der Waals surface area contributed by atoms with Gasteiger partial charge in [0.1, 0.15) is 5.60 Å². The van der Waals surface area contributed by atoms with Crippen molar-refractivity contribution >= 4 is 5.91 Å². The second kappa shape index (κ2) is 5.06. The van der Waals surface area contributed by atoms with Crippen LogP contribution in [0.15, 0.2) is 12.3 Å². The molecule has 0 aromatic carbocycles. The molecule has 18 heavy (non-hydrogen) atoms. The number of hydrogen-bond acceptors (Lipinski definition) is 3. The van der Waals surface area contributed by atoms with Crippen LogP contribution in [-0.2, 0) is 16.1 Å². The zero-order chi connectivity index (χ0) is 13.2. The van der Waals surface area contributed by atoms with Gasteiger partial charge in [0.2, 0.25) is 0 Å². The highest BCUT2D eigenvalue weighted by Gasteiger charge is 2.37. The van der Waals surface area contributed by atoms with Crippen molar-refractivity contribution in [3.8, 4) is 0 Å². The van der Waals surface area contributed by atoms with Gasteiger partial charge in [0.05, 0.1) is 0 Å². The highest BCUT2D eigenvalue weighted by molar-refractivity contribution is 5.84. The second-order valence-electron chi connectivity index (χ2n) is 5.12. The maximum atomic E-state index is 12.1. The Morgan fingerprint density at radius 2 is 2.33 bits per heavy atom. The van der Waals surface area contributed by atoms with Crippen molar-refractivity contribution in [2.24, 2.45) is 0 Å². The minimum Gasteiger partial charge on any atom is -0.365 e. The Morgan fingerprint density at radius 3 is 2.94 bits per heavy atom. The number of ether oxygens (including phenoxy) is 1. The molecular formula is C14H20N2O2. The molecule has 1 aromatic rings. The summed E-state index contributed by atoms with van der Waals surface area (Å²) in [6.07, 6.45) is 3.57. The van der Waals surface area contributed by atoms with E-state index in [1.165, 1.54) is 0 Å². The van der Waals surface area contributed by atoms with Crippen molar-refractivity contribution in [1.29, 1.82) is 0 Å². The average molecular weight is 248 g/mol. The molecule has 1 N–H and O–H groups in total. The van der Waals surface area contributed by atoms with E-state index in [-0.39, 0.29) is 5.91 Å². The Labute approximate surface area is 108 Å². The number of carbonyl (C=O) groups is 1. The molecule has 1 aliphatic rings. The van der Waals surface area contributed by atoms with Crippen LogP contribution in [0.4, 0.5) is 0 Å². The molecule has 1 aliphatic heterocycles. The monoisotopic (exact) mass is 248 g/mol. The summed E-state index contributed by atoms with van der Waals surface area (Å²) in [4.78, 5) is 16.3. The van der Waals surface area contributed by atoms with Crippen molar-refractivity contribution in [2.75, 3.05) is 6.61 Å². The van der Waals surface area contributed by atoms with Crippen LogP contribution in [0.5, 0.6) is 0 Å². The van der Waals surface area contributed by atoms with Gasteiger partial charge in [-0.05, 0) is 50.8 Å². The maximum absolute atomic E-state index is 12.1. The molecule has 1 atom stereocenters. The first kappa shape index (κ1) is 13.0. The number of rotatable bonds is 3. The van der Waals surface area contributed by atoms with Gasteiger partial charge in [0.25, 0.3) is 5.91 Å². The summed E-state index contributed by atoms with van der Waals surface area (Å²) in [5, 5.41) is 2.94. The van der Waals surface area contributed by atoms with Crippen molar-refractivity contribution in [3.05, 3.63) is 29.1 Å². The predicted molar refractivity (Wildman–Crippen MR) is 69.1 cm³/mol. The molecule has 0 saturated carbocycles. The fraction of sp³-hybridized carbons (Fsp3) is 0.571. The molecule has 98 valence electrons. The van der Waals surface area contributed by atoms with Crippen LogP contribution < -0.4 is 5.32 Å². The van der Waals surface area contributed by atoms with E-state index in [0.29, 0.717) is 13.2 Å². The molecule has 0 aliphatic carbocycles. The number of nitrogens with one attached hydrogen (secondary N) is 1. The number of pyridine rings is 1. The molecule has 1 fully saturated rings. The van der Waals surface area contributed by atoms with Gasteiger partial charge in [-0.2, -0.15) is 0 Å². The second-order valence-corrected chi connectivity index (χ2v) is 5.12. The Kier molecular flexibility index (Phi) is 3.66. The van der Waals surface area contributed by atoms with E-state index >= 15 is 0 Å². The van der Waals surface area contributed by atoms with E-state index in [1.807, 2.05) is 33.0 Å². The van der Waals surface area contributed by atoms with Crippen LogP contribution in [0.2, 0.25) is 0 Å². The lowest BCUT2D eigenvalue weighted by Gasteiger charge is -2.22. The van der Waals surface area contributed by atoms with Crippen LogP contribution >= 0.6 is 0 Å². The van der Waals surface area contributed by atoms with Crippen molar-refractivity contribution < 1.29 is 9.53 Å². The van der Waals surface area contributed by atoms with E-state index in [2.05, 4.69) is 10.3 Å². The average Bonchev–Trinajstić information content (AvgIpc) is 2.76. The van der Waals surface area contributed by atoms with E-state index in [1.54, 1.807) is 0 Å². The van der Waals surface area contributed by atoms with Crippen molar-refractivity contribution in [1.82, 2.24) is 10.3 Å². The molecule has 1 amide bonds. The lowest BCUT2D eigenvalue weighted by atomic mass is 10.0. The first-order valence-corrected chi connectivity index (χ1v) is 6.36. The molecule has 2 rings (SSSR count). The van der Waals surface area contributed by atoms with Crippen molar-refractivity contribution in [3.63, 3.8) is 0 Å². The lowest BCUT2D eigenvalue weighted by Crippen LogP contribution is -2.43. The normalized spacial score (nSPS) is 23.1. The third-order valence-corrected chi connectivity index (χ3v) is 3.49. The molecule has 1 aromatic heterocycles. The zero-order valence-electron chi connectivity index (χ0n) is 11.2. The summed E-state index contributed by atoms with van der Waals surface area (Å²) in [7, 11) is 0. The van der Waals surface area contributed by atoms with Crippen LogP contribution in [0.1, 0.15) is 36.6 Å². The van der Waals surface area contributed by atoms with Gasteiger partial charge in [-0.15, -0.1) is 0 Å². The molecule has 4 heteroatoms. The topological polar surface area (TPSA) is 51.2 Å². The molecule has 0 unspecified atom stereocenters. The highest BCUT2D eigenvalue weighted by atomic mass is 16.5. The van der Waals surface area contributed by atoms with Crippen LogP contribution in [0.3, 0.4) is 0 Å². The minimum absolute atomic E-state index is 0.0278. The smallest absolute Gasteiger partial charge is 0.252 e. The number of aryl methyl sites for hydroxylation is 2. The summed E-state index contributed by atoms with van der Waals surface area (Å²) >= 11 is 0.